The van der Waals surface area contributed by atoms with Gasteiger partial charge in [0.15, 0.2) is 11.8 Å². The Morgan fingerprint density at radius 1 is 1.67 bits per heavy atom. The molecule has 0 aliphatic carbocycles. The van der Waals surface area contributed by atoms with Crippen molar-refractivity contribution in [3.8, 4) is 0 Å². The van der Waals surface area contributed by atoms with E-state index in [0.29, 0.717) is 0 Å². The van der Waals surface area contributed by atoms with Crippen molar-refractivity contribution >= 4 is 24.6 Å². The molecule has 52 valence electrons. The highest BCUT2D eigenvalue weighted by atomic mass is 32.1. The number of aliphatic carboxylic acids is 1. The highest BCUT2D eigenvalue weighted by molar-refractivity contribution is 7.78. The lowest BCUT2D eigenvalue weighted by Gasteiger charge is -2.03. The van der Waals surface area contributed by atoms with Gasteiger partial charge >= 0.3 is 5.97 Å². The lowest BCUT2D eigenvalue weighted by atomic mass is 10.2. The molecule has 0 radical (unpaired) electrons. The fraction of sp³-hybridized carbons (Fsp3) is 0.500. The van der Waals surface area contributed by atoms with Crippen LogP contribution in [0.15, 0.2) is 0 Å². The van der Waals surface area contributed by atoms with Crippen LogP contribution in [-0.4, -0.2) is 22.9 Å². The number of carbonyl (C=O) groups excluding carboxylic acids is 1. The highest BCUT2D eigenvalue weighted by Gasteiger charge is 2.19. The Hall–Kier alpha value is -0.550. The van der Waals surface area contributed by atoms with E-state index >= 15 is 0 Å². The van der Waals surface area contributed by atoms with Gasteiger partial charge in [0, 0.05) is 0 Å². The SMILES string of the molecule is CC(=O)C(NS)C(=O)O. The molecular formula is C4H7NO3S. The predicted octanol–water partition coefficient (Wildman–Crippen LogP) is -0.537. The number of carboxylic acids is 1. The van der Waals surface area contributed by atoms with Crippen LogP contribution in [0.1, 0.15) is 6.92 Å². The van der Waals surface area contributed by atoms with Crippen LogP contribution in [0.4, 0.5) is 0 Å². The third-order valence-corrected chi connectivity index (χ3v) is 1.04. The molecule has 0 saturated carbocycles. The summed E-state index contributed by atoms with van der Waals surface area (Å²) in [6, 6.07) is -1.19. The Bertz CT molecular complexity index is 122. The van der Waals surface area contributed by atoms with Gasteiger partial charge in [0.05, 0.1) is 0 Å². The second kappa shape index (κ2) is 3.47. The Balaban J connectivity index is 3.99. The fourth-order valence-electron chi connectivity index (χ4n) is 0.320. The monoisotopic (exact) mass is 149 g/mol. The molecule has 5 heteroatoms. The van der Waals surface area contributed by atoms with Crippen molar-refractivity contribution in [3.63, 3.8) is 0 Å². The first-order chi connectivity index (χ1) is 4.09. The molecule has 9 heavy (non-hydrogen) atoms. The summed E-state index contributed by atoms with van der Waals surface area (Å²) in [4.78, 5) is 20.4. The van der Waals surface area contributed by atoms with Crippen molar-refractivity contribution < 1.29 is 14.7 Å². The molecule has 0 aliphatic rings. The van der Waals surface area contributed by atoms with Crippen molar-refractivity contribution in [2.75, 3.05) is 0 Å². The van der Waals surface area contributed by atoms with E-state index < -0.39 is 17.8 Å². The van der Waals surface area contributed by atoms with Crippen LogP contribution in [0.3, 0.4) is 0 Å². The maximum atomic E-state index is 10.3. The zero-order chi connectivity index (χ0) is 7.44. The van der Waals surface area contributed by atoms with Crippen LogP contribution in [0.2, 0.25) is 0 Å². The van der Waals surface area contributed by atoms with E-state index in [9.17, 15) is 9.59 Å². The summed E-state index contributed by atoms with van der Waals surface area (Å²) in [7, 11) is 0. The van der Waals surface area contributed by atoms with Crippen molar-refractivity contribution in [2.45, 2.75) is 13.0 Å². The largest absolute Gasteiger partial charge is 0.480 e. The molecule has 0 saturated heterocycles. The first-order valence-electron chi connectivity index (χ1n) is 2.22. The molecule has 4 nitrogen and oxygen atoms in total. The normalized spacial score (nSPS) is 12.7. The van der Waals surface area contributed by atoms with Crippen molar-refractivity contribution in [3.05, 3.63) is 0 Å². The topological polar surface area (TPSA) is 66.4 Å². The quantitative estimate of drug-likeness (QED) is 0.372. The van der Waals surface area contributed by atoms with Crippen LogP contribution < -0.4 is 4.72 Å². The number of hydrogen-bond donors (Lipinski definition) is 3. The molecule has 1 unspecified atom stereocenters. The zero-order valence-corrected chi connectivity index (χ0v) is 5.68. The Morgan fingerprint density at radius 2 is 2.11 bits per heavy atom. The number of Topliss-reactive ketones (excluding diaryl/α,β-unsaturated/α-hetero) is 1. The van der Waals surface area contributed by atoms with Gasteiger partial charge in [-0.15, -0.1) is 0 Å². The molecule has 0 spiro atoms. The third-order valence-electron chi connectivity index (χ3n) is 0.783. The molecule has 0 heterocycles. The van der Waals surface area contributed by atoms with E-state index in [1.165, 1.54) is 6.92 Å². The maximum absolute atomic E-state index is 10.3. The van der Waals surface area contributed by atoms with Gasteiger partial charge in [-0.05, 0) is 6.92 Å². The Kier molecular flexibility index (Phi) is 3.26. The molecule has 0 fully saturated rings. The summed E-state index contributed by atoms with van der Waals surface area (Å²) in [5.74, 6) is -1.67. The van der Waals surface area contributed by atoms with E-state index in [1.54, 1.807) is 0 Å². The van der Waals surface area contributed by atoms with Gasteiger partial charge in [-0.2, -0.15) is 0 Å². The van der Waals surface area contributed by atoms with E-state index in [-0.39, 0.29) is 0 Å². The van der Waals surface area contributed by atoms with E-state index in [2.05, 4.69) is 12.8 Å². The minimum absolute atomic E-state index is 0.461. The van der Waals surface area contributed by atoms with Crippen LogP contribution in [-0.2, 0) is 9.59 Å². The number of carboxylic acid groups (broad SMARTS) is 1. The summed E-state index contributed by atoms with van der Waals surface area (Å²) >= 11 is 3.44. The highest BCUT2D eigenvalue weighted by Crippen LogP contribution is 1.86. The first kappa shape index (κ1) is 8.45. The summed E-state index contributed by atoms with van der Waals surface area (Å²) in [6.45, 7) is 1.18. The van der Waals surface area contributed by atoms with Crippen molar-refractivity contribution in [1.29, 1.82) is 0 Å². The predicted molar refractivity (Wildman–Crippen MR) is 34.2 cm³/mol. The number of ketones is 1. The Labute approximate surface area is 57.8 Å². The second-order valence-corrected chi connectivity index (χ2v) is 1.77. The van der Waals surface area contributed by atoms with Gasteiger partial charge in [0.1, 0.15) is 0 Å². The fourth-order valence-corrected chi connectivity index (χ4v) is 0.612. The average Bonchev–Trinajstić information content (AvgIpc) is 1.64. The molecule has 0 aromatic rings. The minimum atomic E-state index is -1.21. The molecule has 0 bridgehead atoms. The third kappa shape index (κ3) is 2.48. The summed E-state index contributed by atoms with van der Waals surface area (Å²) < 4.78 is 2.05. The van der Waals surface area contributed by atoms with Crippen LogP contribution in [0.25, 0.3) is 0 Å². The van der Waals surface area contributed by atoms with Crippen molar-refractivity contribution in [1.82, 2.24) is 4.72 Å². The lowest BCUT2D eigenvalue weighted by molar-refractivity contribution is -0.142. The van der Waals surface area contributed by atoms with Gasteiger partial charge < -0.3 is 5.11 Å². The molecule has 0 amide bonds. The molecule has 0 aromatic heterocycles. The molecule has 0 aromatic carbocycles. The maximum Gasteiger partial charge on any atom is 0.329 e. The number of hydrogen-bond acceptors (Lipinski definition) is 4. The molecule has 1 atom stereocenters. The van der Waals surface area contributed by atoms with Gasteiger partial charge in [-0.1, -0.05) is 12.8 Å². The second-order valence-electron chi connectivity index (χ2n) is 1.51. The van der Waals surface area contributed by atoms with E-state index in [1.807, 2.05) is 4.72 Å². The van der Waals surface area contributed by atoms with Gasteiger partial charge in [0.25, 0.3) is 0 Å². The number of nitrogens with one attached hydrogen (secondary N) is 1. The van der Waals surface area contributed by atoms with Gasteiger partial charge in [0.2, 0.25) is 0 Å². The van der Waals surface area contributed by atoms with Crippen LogP contribution >= 0.6 is 12.8 Å². The average molecular weight is 149 g/mol. The molecule has 0 aliphatic heterocycles. The molecule has 2 N–H and O–H groups in total. The minimum Gasteiger partial charge on any atom is -0.480 e. The van der Waals surface area contributed by atoms with Crippen molar-refractivity contribution in [2.24, 2.45) is 0 Å². The van der Waals surface area contributed by atoms with E-state index in [0.717, 1.165) is 0 Å². The Morgan fingerprint density at radius 3 is 2.11 bits per heavy atom. The standard InChI is InChI=1S/C4H7NO3S/c1-2(6)3(5-9)4(7)8/h3,5,9H,1H3,(H,7,8). The van der Waals surface area contributed by atoms with Gasteiger partial charge in [-0.3, -0.25) is 9.59 Å². The smallest absolute Gasteiger partial charge is 0.329 e. The van der Waals surface area contributed by atoms with Gasteiger partial charge in [-0.25, -0.2) is 4.72 Å². The summed E-state index contributed by atoms with van der Waals surface area (Å²) in [5, 5.41) is 8.21. The van der Waals surface area contributed by atoms with Crippen LogP contribution in [0.5, 0.6) is 0 Å². The first-order valence-corrected chi connectivity index (χ1v) is 2.67. The number of carbonyl (C=O) groups is 2. The lowest BCUT2D eigenvalue weighted by Crippen LogP contribution is -2.37. The van der Waals surface area contributed by atoms with Crippen LogP contribution in [0, 0.1) is 0 Å². The molecule has 0 rings (SSSR count). The number of thiol groups is 1. The summed E-state index contributed by atoms with van der Waals surface area (Å²) in [6.07, 6.45) is 0. The van der Waals surface area contributed by atoms with E-state index in [4.69, 9.17) is 5.11 Å². The zero-order valence-electron chi connectivity index (χ0n) is 4.79. The number of rotatable bonds is 3. The summed E-state index contributed by atoms with van der Waals surface area (Å²) in [5.41, 5.74) is 0. The molecular weight excluding hydrogens is 142 g/mol.